The van der Waals surface area contributed by atoms with Gasteiger partial charge in [-0.15, -0.1) is 21.5 Å². The normalized spacial score (nSPS) is 11.9. The van der Waals surface area contributed by atoms with Crippen LogP contribution in [0.3, 0.4) is 0 Å². The topological polar surface area (TPSA) is 118 Å². The van der Waals surface area contributed by atoms with E-state index >= 15 is 0 Å². The van der Waals surface area contributed by atoms with Crippen molar-refractivity contribution in [3.63, 3.8) is 0 Å². The third-order valence-electron chi connectivity index (χ3n) is 4.79. The number of thioether (sulfide) groups is 1. The van der Waals surface area contributed by atoms with Gasteiger partial charge in [-0.3, -0.25) is 4.79 Å². The van der Waals surface area contributed by atoms with Crippen molar-refractivity contribution in [2.75, 3.05) is 32.1 Å². The van der Waals surface area contributed by atoms with Gasteiger partial charge in [-0.1, -0.05) is 11.8 Å². The number of fused-ring (bicyclic) bond motifs is 1. The van der Waals surface area contributed by atoms with Crippen LogP contribution >= 0.6 is 23.1 Å². The number of hydrogen-bond donors (Lipinski definition) is 1. The summed E-state index contributed by atoms with van der Waals surface area (Å²) in [5.41, 5.74) is 2.15. The molecule has 1 aliphatic rings. The molecule has 1 aliphatic heterocycles. The fourth-order valence-electron chi connectivity index (χ4n) is 3.17. The average Bonchev–Trinajstić information content (AvgIpc) is 3.62. The first-order chi connectivity index (χ1) is 16.6. The number of anilines is 1. The molecule has 0 atom stereocenters. The van der Waals surface area contributed by atoms with E-state index in [1.807, 2.05) is 23.6 Å². The summed E-state index contributed by atoms with van der Waals surface area (Å²) >= 11 is 2.45. The van der Waals surface area contributed by atoms with Crippen molar-refractivity contribution >= 4 is 34.1 Å². The highest BCUT2D eigenvalue weighted by Gasteiger charge is 2.18. The molecule has 174 valence electrons. The van der Waals surface area contributed by atoms with Gasteiger partial charge in [-0.05, 0) is 36.4 Å². The Bertz CT molecular complexity index is 1340. The summed E-state index contributed by atoms with van der Waals surface area (Å²) in [6.45, 7) is 0.187. The van der Waals surface area contributed by atoms with Crippen LogP contribution in [-0.4, -0.2) is 47.9 Å². The number of carbonyl (C=O) groups is 1. The number of nitrogens with zero attached hydrogens (tertiary/aromatic N) is 3. The quantitative estimate of drug-likeness (QED) is 0.352. The molecule has 2 aromatic heterocycles. The van der Waals surface area contributed by atoms with Crippen LogP contribution in [0.5, 0.6) is 23.0 Å². The Morgan fingerprint density at radius 1 is 1.12 bits per heavy atom. The van der Waals surface area contributed by atoms with Gasteiger partial charge >= 0.3 is 0 Å². The van der Waals surface area contributed by atoms with Gasteiger partial charge in [0.25, 0.3) is 5.22 Å². The van der Waals surface area contributed by atoms with Gasteiger partial charge < -0.3 is 28.7 Å². The van der Waals surface area contributed by atoms with Crippen molar-refractivity contribution < 1.29 is 28.2 Å². The first kappa shape index (κ1) is 22.0. The molecule has 12 heteroatoms. The van der Waals surface area contributed by atoms with Crippen LogP contribution < -0.4 is 24.3 Å². The van der Waals surface area contributed by atoms with Crippen molar-refractivity contribution in [1.29, 1.82) is 0 Å². The third-order valence-corrected chi connectivity index (χ3v) is 6.36. The zero-order chi connectivity index (χ0) is 23.5. The van der Waals surface area contributed by atoms with Gasteiger partial charge in [0, 0.05) is 16.5 Å². The van der Waals surface area contributed by atoms with E-state index in [1.165, 1.54) is 11.3 Å². The SMILES string of the molecule is COc1ccc(OC)c(-c2csc(NC(=O)CSc3nnc(-c4ccc5c(c4)OCO5)o3)n2)c1. The van der Waals surface area contributed by atoms with E-state index in [4.69, 9.17) is 23.4 Å². The summed E-state index contributed by atoms with van der Waals surface area (Å²) in [7, 11) is 3.19. The summed E-state index contributed by atoms with van der Waals surface area (Å²) in [5.74, 6) is 2.81. The summed E-state index contributed by atoms with van der Waals surface area (Å²) in [5, 5.41) is 13.4. The van der Waals surface area contributed by atoms with Crippen molar-refractivity contribution in [3.05, 3.63) is 41.8 Å². The Hall–Kier alpha value is -3.77. The molecule has 1 amide bonds. The van der Waals surface area contributed by atoms with Crippen molar-refractivity contribution in [2.24, 2.45) is 0 Å². The minimum Gasteiger partial charge on any atom is -0.497 e. The smallest absolute Gasteiger partial charge is 0.277 e. The van der Waals surface area contributed by atoms with E-state index in [0.29, 0.717) is 45.3 Å². The molecule has 0 radical (unpaired) electrons. The summed E-state index contributed by atoms with van der Waals surface area (Å²) in [6.07, 6.45) is 0. The Kier molecular flexibility index (Phi) is 6.23. The maximum absolute atomic E-state index is 12.4. The van der Waals surface area contributed by atoms with Crippen LogP contribution in [0.4, 0.5) is 5.13 Å². The van der Waals surface area contributed by atoms with E-state index in [1.54, 1.807) is 32.4 Å². The van der Waals surface area contributed by atoms with Gasteiger partial charge in [0.05, 0.1) is 25.7 Å². The predicted octanol–water partition coefficient (Wildman–Crippen LogP) is 4.34. The molecular formula is C22H18N4O6S2. The van der Waals surface area contributed by atoms with Crippen molar-refractivity contribution in [1.82, 2.24) is 15.2 Å². The number of methoxy groups -OCH3 is 2. The molecule has 4 aromatic rings. The minimum absolute atomic E-state index is 0.0835. The highest BCUT2D eigenvalue weighted by Crippen LogP contribution is 2.37. The van der Waals surface area contributed by atoms with Crippen LogP contribution in [-0.2, 0) is 4.79 Å². The zero-order valence-corrected chi connectivity index (χ0v) is 19.7. The van der Waals surface area contributed by atoms with Crippen LogP contribution in [0.1, 0.15) is 0 Å². The molecule has 0 fully saturated rings. The van der Waals surface area contributed by atoms with Gasteiger partial charge in [0.2, 0.25) is 18.6 Å². The van der Waals surface area contributed by atoms with Crippen LogP contribution in [0, 0.1) is 0 Å². The van der Waals surface area contributed by atoms with E-state index in [9.17, 15) is 4.79 Å². The molecule has 1 N–H and O–H groups in total. The zero-order valence-electron chi connectivity index (χ0n) is 18.1. The molecule has 0 spiro atoms. The fraction of sp³-hybridized carbons (Fsp3) is 0.182. The van der Waals surface area contributed by atoms with Crippen LogP contribution in [0.15, 0.2) is 51.4 Å². The lowest BCUT2D eigenvalue weighted by molar-refractivity contribution is -0.113. The second kappa shape index (κ2) is 9.61. The standard InChI is InChI=1S/C22H18N4O6S2/c1-28-13-4-6-16(29-2)14(8-13)15-9-33-21(23-15)24-19(27)10-34-22-26-25-20(32-22)12-3-5-17-18(7-12)31-11-30-17/h3-9H,10-11H2,1-2H3,(H,23,24,27). The van der Waals surface area contributed by atoms with Crippen molar-refractivity contribution in [2.45, 2.75) is 5.22 Å². The Morgan fingerprint density at radius 3 is 2.85 bits per heavy atom. The maximum Gasteiger partial charge on any atom is 0.277 e. The molecule has 0 saturated carbocycles. The van der Waals surface area contributed by atoms with E-state index in [0.717, 1.165) is 17.3 Å². The van der Waals surface area contributed by atoms with Crippen LogP contribution in [0.2, 0.25) is 0 Å². The molecule has 5 rings (SSSR count). The predicted molar refractivity (Wildman–Crippen MR) is 126 cm³/mol. The minimum atomic E-state index is -0.244. The summed E-state index contributed by atoms with van der Waals surface area (Å²) in [6, 6.07) is 10.8. The van der Waals surface area contributed by atoms with E-state index in [-0.39, 0.29) is 23.7 Å². The number of thiazole rings is 1. The Labute approximate surface area is 202 Å². The van der Waals surface area contributed by atoms with Crippen LogP contribution in [0.25, 0.3) is 22.7 Å². The molecule has 10 nitrogen and oxygen atoms in total. The lowest BCUT2D eigenvalue weighted by Crippen LogP contribution is -2.13. The number of benzene rings is 2. The molecule has 34 heavy (non-hydrogen) atoms. The largest absolute Gasteiger partial charge is 0.497 e. The van der Waals surface area contributed by atoms with Gasteiger partial charge in [-0.25, -0.2) is 4.98 Å². The van der Waals surface area contributed by atoms with Gasteiger partial charge in [0.15, 0.2) is 16.6 Å². The van der Waals surface area contributed by atoms with E-state index < -0.39 is 0 Å². The van der Waals surface area contributed by atoms with Gasteiger partial charge in [-0.2, -0.15) is 0 Å². The summed E-state index contributed by atoms with van der Waals surface area (Å²) in [4.78, 5) is 16.9. The highest BCUT2D eigenvalue weighted by atomic mass is 32.2. The maximum atomic E-state index is 12.4. The number of hydrogen-bond acceptors (Lipinski definition) is 11. The number of rotatable bonds is 8. The molecule has 3 heterocycles. The number of ether oxygens (including phenoxy) is 4. The molecular weight excluding hydrogens is 480 g/mol. The number of amides is 1. The molecule has 2 aromatic carbocycles. The molecule has 0 unspecified atom stereocenters. The number of aromatic nitrogens is 3. The monoisotopic (exact) mass is 498 g/mol. The number of nitrogens with one attached hydrogen (secondary N) is 1. The fourth-order valence-corrected chi connectivity index (χ4v) is 4.46. The Balaban J connectivity index is 1.20. The Morgan fingerprint density at radius 2 is 2.00 bits per heavy atom. The highest BCUT2D eigenvalue weighted by molar-refractivity contribution is 7.99. The second-order valence-corrected chi connectivity index (χ2v) is 8.67. The average molecular weight is 499 g/mol. The van der Waals surface area contributed by atoms with E-state index in [2.05, 4.69) is 20.5 Å². The summed E-state index contributed by atoms with van der Waals surface area (Å²) < 4.78 is 27.0. The lowest BCUT2D eigenvalue weighted by atomic mass is 10.1. The first-order valence-electron chi connectivity index (χ1n) is 9.97. The lowest BCUT2D eigenvalue weighted by Gasteiger charge is -2.08. The second-order valence-electron chi connectivity index (χ2n) is 6.88. The molecule has 0 saturated heterocycles. The molecule has 0 aliphatic carbocycles. The van der Waals surface area contributed by atoms with Crippen molar-refractivity contribution in [3.8, 4) is 45.7 Å². The third kappa shape index (κ3) is 4.63. The first-order valence-corrected chi connectivity index (χ1v) is 11.8. The molecule has 0 bridgehead atoms. The number of carbonyl (C=O) groups excluding carboxylic acids is 1. The van der Waals surface area contributed by atoms with Gasteiger partial charge in [0.1, 0.15) is 11.5 Å².